The first-order valence-electron chi connectivity index (χ1n) is 10.4. The van der Waals surface area contributed by atoms with E-state index in [1.807, 2.05) is 12.1 Å². The van der Waals surface area contributed by atoms with Crippen LogP contribution in [0.5, 0.6) is 11.5 Å². The number of halogens is 1. The van der Waals surface area contributed by atoms with Crippen LogP contribution in [0.4, 0.5) is 5.00 Å². The molecule has 0 fully saturated rings. The number of ether oxygens (including phenoxy) is 2. The van der Waals surface area contributed by atoms with Crippen LogP contribution in [-0.4, -0.2) is 20.1 Å². The number of nitrogens with one attached hydrogen (secondary N) is 2. The Kier molecular flexibility index (Phi) is 5.79. The smallest absolute Gasteiger partial charge is 0.256 e. The monoisotopic (exact) mass is 492 g/mol. The normalized spacial score (nSPS) is 20.7. The van der Waals surface area contributed by atoms with E-state index >= 15 is 0 Å². The van der Waals surface area contributed by atoms with Crippen molar-refractivity contribution in [1.82, 2.24) is 5.32 Å². The topological polar surface area (TPSA) is 59.6 Å². The van der Waals surface area contributed by atoms with Gasteiger partial charge in [-0.05, 0) is 69.8 Å². The Labute approximate surface area is 190 Å². The van der Waals surface area contributed by atoms with Crippen molar-refractivity contribution in [2.45, 2.75) is 52.6 Å². The van der Waals surface area contributed by atoms with E-state index in [0.717, 1.165) is 39.9 Å². The molecular formula is C23H29BrN2O3S. The maximum atomic E-state index is 13.1. The van der Waals surface area contributed by atoms with Gasteiger partial charge in [-0.25, -0.2) is 0 Å². The van der Waals surface area contributed by atoms with Gasteiger partial charge in [-0.15, -0.1) is 11.3 Å². The molecule has 1 aromatic heterocycles. The van der Waals surface area contributed by atoms with Crippen LogP contribution in [0.3, 0.4) is 0 Å². The van der Waals surface area contributed by atoms with Crippen LogP contribution in [0.2, 0.25) is 0 Å². The number of hydrogen-bond acceptors (Lipinski definition) is 5. The molecule has 1 aromatic carbocycles. The number of fused-ring (bicyclic) bond motifs is 3. The first-order valence-corrected chi connectivity index (χ1v) is 12.0. The molecule has 4 rings (SSSR count). The summed E-state index contributed by atoms with van der Waals surface area (Å²) < 4.78 is 11.7. The number of benzene rings is 1. The van der Waals surface area contributed by atoms with Crippen molar-refractivity contribution in [3.63, 3.8) is 0 Å². The summed E-state index contributed by atoms with van der Waals surface area (Å²) in [7, 11) is 3.22. The van der Waals surface area contributed by atoms with E-state index < -0.39 is 0 Å². The Morgan fingerprint density at radius 3 is 2.67 bits per heavy atom. The Hall–Kier alpha value is -1.73. The molecule has 2 aromatic rings. The predicted octanol–water partition coefficient (Wildman–Crippen LogP) is 5.92. The van der Waals surface area contributed by atoms with Gasteiger partial charge in [0.05, 0.1) is 24.3 Å². The molecule has 5 nitrogen and oxygen atoms in total. The second-order valence-electron chi connectivity index (χ2n) is 8.78. The van der Waals surface area contributed by atoms with E-state index in [-0.39, 0.29) is 12.1 Å². The van der Waals surface area contributed by atoms with Crippen LogP contribution in [0, 0.1) is 11.3 Å². The third kappa shape index (κ3) is 3.60. The largest absolute Gasteiger partial charge is 0.493 e. The Bertz CT molecular complexity index is 985. The molecular weight excluding hydrogens is 464 g/mol. The number of carbonyl (C=O) groups excluding carboxylic acids is 1. The van der Waals surface area contributed by atoms with E-state index in [9.17, 15) is 4.79 Å². The molecule has 0 spiro atoms. The molecule has 0 saturated heterocycles. The first kappa shape index (κ1) is 21.5. The number of amides is 1. The van der Waals surface area contributed by atoms with Crippen LogP contribution < -0.4 is 20.1 Å². The van der Waals surface area contributed by atoms with Crippen LogP contribution in [0.15, 0.2) is 16.6 Å². The molecule has 0 bridgehead atoms. The highest BCUT2D eigenvalue weighted by molar-refractivity contribution is 9.10. The molecule has 1 aliphatic carbocycles. The van der Waals surface area contributed by atoms with Crippen molar-refractivity contribution >= 4 is 38.2 Å². The quantitative estimate of drug-likeness (QED) is 0.543. The highest BCUT2D eigenvalue weighted by Gasteiger charge is 2.37. The molecule has 1 aliphatic heterocycles. The molecule has 2 heterocycles. The Morgan fingerprint density at radius 2 is 2.00 bits per heavy atom. The zero-order valence-electron chi connectivity index (χ0n) is 18.1. The molecule has 2 N–H and O–H groups in total. The third-order valence-electron chi connectivity index (χ3n) is 6.85. The second-order valence-corrected chi connectivity index (χ2v) is 10.7. The standard InChI is InChI=1S/C23H29BrN2O3S/c1-6-23(2,3)13-7-8-14-17(11-13)30-22-18(14)21(27)25-20(26-22)12-9-15(24)19(29-5)16(10-12)28-4/h9-10,13,20,26H,6-8,11H2,1-5H3,(H,25,27)/t13-,20-/m0/s1. The van der Waals surface area contributed by atoms with Gasteiger partial charge in [0.25, 0.3) is 5.91 Å². The van der Waals surface area contributed by atoms with Gasteiger partial charge >= 0.3 is 0 Å². The molecule has 162 valence electrons. The van der Waals surface area contributed by atoms with Crippen molar-refractivity contribution < 1.29 is 14.3 Å². The fourth-order valence-electron chi connectivity index (χ4n) is 4.53. The molecule has 1 amide bonds. The number of hydrogen-bond donors (Lipinski definition) is 2. The summed E-state index contributed by atoms with van der Waals surface area (Å²) in [6.07, 6.45) is 4.06. The Morgan fingerprint density at radius 1 is 1.23 bits per heavy atom. The van der Waals surface area contributed by atoms with Crippen molar-refractivity contribution in [1.29, 1.82) is 0 Å². The molecule has 7 heteroatoms. The van der Waals surface area contributed by atoms with E-state index in [4.69, 9.17) is 9.47 Å². The van der Waals surface area contributed by atoms with Crippen molar-refractivity contribution in [2.24, 2.45) is 11.3 Å². The summed E-state index contributed by atoms with van der Waals surface area (Å²) in [4.78, 5) is 14.5. The summed E-state index contributed by atoms with van der Waals surface area (Å²) in [6, 6.07) is 3.86. The zero-order chi connectivity index (χ0) is 21.6. The number of anilines is 1. The molecule has 0 radical (unpaired) electrons. The lowest BCUT2D eigenvalue weighted by molar-refractivity contribution is 0.0934. The Balaban J connectivity index is 1.65. The lowest BCUT2D eigenvalue weighted by Gasteiger charge is -2.36. The fraction of sp³-hybridized carbons (Fsp3) is 0.522. The van der Waals surface area contributed by atoms with Gasteiger partial charge in [-0.3, -0.25) is 4.79 Å². The minimum absolute atomic E-state index is 0.00496. The minimum Gasteiger partial charge on any atom is -0.493 e. The van der Waals surface area contributed by atoms with Crippen molar-refractivity contribution in [3.8, 4) is 11.5 Å². The maximum Gasteiger partial charge on any atom is 0.256 e. The summed E-state index contributed by atoms with van der Waals surface area (Å²) in [5.74, 6) is 1.93. The maximum absolute atomic E-state index is 13.1. The van der Waals surface area contributed by atoms with Gasteiger partial charge in [-0.1, -0.05) is 27.2 Å². The van der Waals surface area contributed by atoms with Crippen LogP contribution in [0.25, 0.3) is 0 Å². The number of thiophene rings is 1. The fourth-order valence-corrected chi connectivity index (χ4v) is 6.50. The summed E-state index contributed by atoms with van der Waals surface area (Å²) in [5.41, 5.74) is 3.33. The predicted molar refractivity (Wildman–Crippen MR) is 125 cm³/mol. The molecule has 0 unspecified atom stereocenters. The van der Waals surface area contributed by atoms with Gasteiger partial charge in [0.2, 0.25) is 0 Å². The first-order chi connectivity index (χ1) is 14.3. The number of methoxy groups -OCH3 is 2. The third-order valence-corrected chi connectivity index (χ3v) is 8.62. The highest BCUT2D eigenvalue weighted by Crippen LogP contribution is 2.47. The SMILES string of the molecule is CCC(C)(C)[C@H]1CCc2c(sc3c2C(=O)N[C@H](c2cc(Br)c(OC)c(OC)c2)N3)C1. The van der Waals surface area contributed by atoms with Crippen LogP contribution in [0.1, 0.15) is 66.1 Å². The van der Waals surface area contributed by atoms with Gasteiger partial charge in [0.1, 0.15) is 11.2 Å². The zero-order valence-corrected chi connectivity index (χ0v) is 20.6. The molecule has 2 atom stereocenters. The van der Waals surface area contributed by atoms with Gasteiger partial charge in [0, 0.05) is 4.88 Å². The van der Waals surface area contributed by atoms with E-state index in [0.29, 0.717) is 22.8 Å². The van der Waals surface area contributed by atoms with Gasteiger partial charge < -0.3 is 20.1 Å². The van der Waals surface area contributed by atoms with E-state index in [1.165, 1.54) is 16.9 Å². The molecule has 30 heavy (non-hydrogen) atoms. The number of rotatable bonds is 5. The molecule has 0 saturated carbocycles. The summed E-state index contributed by atoms with van der Waals surface area (Å²) in [5, 5.41) is 7.67. The minimum atomic E-state index is -0.316. The lowest BCUT2D eigenvalue weighted by Crippen LogP contribution is -2.38. The van der Waals surface area contributed by atoms with E-state index in [2.05, 4.69) is 47.3 Å². The van der Waals surface area contributed by atoms with Crippen molar-refractivity contribution in [3.05, 3.63) is 38.2 Å². The van der Waals surface area contributed by atoms with Gasteiger partial charge in [0.15, 0.2) is 11.5 Å². The summed E-state index contributed by atoms with van der Waals surface area (Å²) in [6.45, 7) is 7.01. The van der Waals surface area contributed by atoms with Gasteiger partial charge in [-0.2, -0.15) is 0 Å². The van der Waals surface area contributed by atoms with Crippen LogP contribution in [-0.2, 0) is 12.8 Å². The van der Waals surface area contributed by atoms with Crippen molar-refractivity contribution in [2.75, 3.05) is 19.5 Å². The highest BCUT2D eigenvalue weighted by atomic mass is 79.9. The number of carbonyl (C=O) groups is 1. The second kappa shape index (κ2) is 8.08. The average Bonchev–Trinajstić information content (AvgIpc) is 3.11. The van der Waals surface area contributed by atoms with E-state index in [1.54, 1.807) is 25.6 Å². The average molecular weight is 493 g/mol. The lowest BCUT2D eigenvalue weighted by atomic mass is 9.69. The molecule has 2 aliphatic rings. The summed E-state index contributed by atoms with van der Waals surface area (Å²) >= 11 is 5.30. The van der Waals surface area contributed by atoms with Crippen LogP contribution >= 0.6 is 27.3 Å².